The largest absolute Gasteiger partial charge is 0.325 e. The van der Waals surface area contributed by atoms with Gasteiger partial charge in [0, 0.05) is 5.69 Å². The minimum absolute atomic E-state index is 0.133. The molecule has 2 saturated carbocycles. The zero-order valence-corrected chi connectivity index (χ0v) is 13.1. The highest BCUT2D eigenvalue weighted by molar-refractivity contribution is 6.09. The van der Waals surface area contributed by atoms with Crippen molar-refractivity contribution in [1.29, 1.82) is 0 Å². The third kappa shape index (κ3) is 2.26. The van der Waals surface area contributed by atoms with E-state index in [1.807, 2.05) is 25.1 Å². The van der Waals surface area contributed by atoms with Gasteiger partial charge >= 0.3 is 0 Å². The summed E-state index contributed by atoms with van der Waals surface area (Å²) in [6.07, 6.45) is 3.11. The van der Waals surface area contributed by atoms with Crippen LogP contribution in [0, 0.1) is 30.6 Å². The predicted octanol–water partition coefficient (Wildman–Crippen LogP) is 1.96. The first kappa shape index (κ1) is 14.4. The van der Waals surface area contributed by atoms with E-state index >= 15 is 0 Å². The maximum atomic E-state index is 12.6. The van der Waals surface area contributed by atoms with E-state index in [0.717, 1.165) is 24.8 Å². The Morgan fingerprint density at radius 2 is 1.83 bits per heavy atom. The van der Waals surface area contributed by atoms with Crippen molar-refractivity contribution in [3.8, 4) is 0 Å². The summed E-state index contributed by atoms with van der Waals surface area (Å²) in [5.41, 5.74) is 1.73. The van der Waals surface area contributed by atoms with E-state index < -0.39 is 0 Å². The molecule has 23 heavy (non-hydrogen) atoms. The van der Waals surface area contributed by atoms with E-state index in [1.54, 1.807) is 6.07 Å². The monoisotopic (exact) mass is 312 g/mol. The summed E-state index contributed by atoms with van der Waals surface area (Å²) in [6.45, 7) is 1.78. The van der Waals surface area contributed by atoms with Crippen molar-refractivity contribution in [2.75, 3.05) is 11.9 Å². The number of imide groups is 1. The maximum absolute atomic E-state index is 12.6. The second kappa shape index (κ2) is 5.18. The minimum Gasteiger partial charge on any atom is -0.325 e. The molecule has 0 unspecified atom stereocenters. The molecule has 5 nitrogen and oxygen atoms in total. The van der Waals surface area contributed by atoms with Crippen LogP contribution >= 0.6 is 0 Å². The van der Waals surface area contributed by atoms with Gasteiger partial charge in [-0.05, 0) is 55.7 Å². The Balaban J connectivity index is 1.46. The summed E-state index contributed by atoms with van der Waals surface area (Å²) < 4.78 is 0. The van der Waals surface area contributed by atoms with Gasteiger partial charge in [-0.2, -0.15) is 0 Å². The van der Waals surface area contributed by atoms with Crippen LogP contribution < -0.4 is 5.32 Å². The van der Waals surface area contributed by atoms with E-state index in [-0.39, 0.29) is 36.1 Å². The van der Waals surface area contributed by atoms with E-state index in [2.05, 4.69) is 5.32 Å². The fourth-order valence-electron chi connectivity index (χ4n) is 4.69. The summed E-state index contributed by atoms with van der Waals surface area (Å²) in [5.74, 6) is -0.193. The smallest absolute Gasteiger partial charge is 0.244 e. The van der Waals surface area contributed by atoms with Crippen molar-refractivity contribution in [2.45, 2.75) is 26.2 Å². The van der Waals surface area contributed by atoms with Crippen molar-refractivity contribution in [3.63, 3.8) is 0 Å². The number of carbonyl (C=O) groups is 3. The lowest BCUT2D eigenvalue weighted by Gasteiger charge is -2.19. The highest BCUT2D eigenvalue weighted by Gasteiger charge is 2.60. The fraction of sp³-hybridized carbons (Fsp3) is 0.500. The topological polar surface area (TPSA) is 66.5 Å². The number of aryl methyl sites for hydroxylation is 1. The summed E-state index contributed by atoms with van der Waals surface area (Å²) in [5, 5.41) is 2.77. The van der Waals surface area contributed by atoms with Gasteiger partial charge in [0.05, 0.1) is 11.8 Å². The van der Waals surface area contributed by atoms with Crippen molar-refractivity contribution in [2.24, 2.45) is 23.7 Å². The van der Waals surface area contributed by atoms with Crippen molar-refractivity contribution in [1.82, 2.24) is 4.90 Å². The number of fused-ring (bicyclic) bond motifs is 5. The highest BCUT2D eigenvalue weighted by atomic mass is 16.2. The van der Waals surface area contributed by atoms with Gasteiger partial charge in [0.25, 0.3) is 0 Å². The summed E-state index contributed by atoms with van der Waals surface area (Å²) >= 11 is 0. The van der Waals surface area contributed by atoms with Crippen LogP contribution in [-0.4, -0.2) is 29.2 Å². The molecule has 2 bridgehead atoms. The average Bonchev–Trinajstić information content (AvgIpc) is 3.17. The number of nitrogens with one attached hydrogen (secondary N) is 1. The zero-order chi connectivity index (χ0) is 16.1. The molecule has 2 aliphatic carbocycles. The Kier molecular flexibility index (Phi) is 3.25. The van der Waals surface area contributed by atoms with Gasteiger partial charge in [-0.15, -0.1) is 0 Å². The Bertz CT molecular complexity index is 671. The first-order chi connectivity index (χ1) is 11.0. The molecule has 1 aromatic rings. The minimum atomic E-state index is -0.315. The van der Waals surface area contributed by atoms with Crippen LogP contribution in [0.15, 0.2) is 24.3 Å². The molecule has 120 valence electrons. The molecule has 0 radical (unpaired) electrons. The van der Waals surface area contributed by atoms with Gasteiger partial charge in [0.15, 0.2) is 0 Å². The molecular weight excluding hydrogens is 292 g/mol. The third-order valence-electron chi connectivity index (χ3n) is 5.62. The number of rotatable bonds is 3. The molecule has 3 amide bonds. The lowest BCUT2D eigenvalue weighted by molar-refractivity contribution is -0.143. The number of hydrogen-bond acceptors (Lipinski definition) is 3. The number of anilines is 1. The van der Waals surface area contributed by atoms with Crippen LogP contribution in [0.5, 0.6) is 0 Å². The number of nitrogens with zero attached hydrogens (tertiary/aromatic N) is 1. The summed E-state index contributed by atoms with van der Waals surface area (Å²) in [6, 6.07) is 7.47. The third-order valence-corrected chi connectivity index (χ3v) is 5.62. The molecule has 0 spiro atoms. The van der Waals surface area contributed by atoms with Gasteiger partial charge < -0.3 is 5.32 Å². The molecule has 1 heterocycles. The second-order valence-electron chi connectivity index (χ2n) is 7.07. The lowest BCUT2D eigenvalue weighted by atomic mass is 9.81. The van der Waals surface area contributed by atoms with Gasteiger partial charge in [-0.3, -0.25) is 19.3 Å². The first-order valence-corrected chi connectivity index (χ1v) is 8.26. The Hall–Kier alpha value is -2.17. The van der Waals surface area contributed by atoms with Crippen molar-refractivity contribution >= 4 is 23.4 Å². The van der Waals surface area contributed by atoms with Gasteiger partial charge in [-0.1, -0.05) is 12.1 Å². The van der Waals surface area contributed by atoms with Crippen molar-refractivity contribution < 1.29 is 14.4 Å². The number of benzene rings is 1. The molecule has 1 N–H and O–H groups in total. The predicted molar refractivity (Wildman–Crippen MR) is 84.3 cm³/mol. The Labute approximate surface area is 135 Å². The number of hydrogen-bond donors (Lipinski definition) is 1. The molecular formula is C18H20N2O3. The van der Waals surface area contributed by atoms with E-state index in [0.29, 0.717) is 17.5 Å². The number of carbonyl (C=O) groups excluding carboxylic acids is 3. The standard InChI is InChI=1S/C18H20N2O3/c1-10-3-2-4-13(7-10)19-14(21)9-20-17(22)15-11-5-6-12(8-11)16(15)18(20)23/h2-4,7,11-12,15-16H,5-6,8-9H2,1H3,(H,19,21)/t11-,12-,15+,16+/m0/s1. The lowest BCUT2D eigenvalue weighted by Crippen LogP contribution is -2.39. The normalized spacial score (nSPS) is 31.6. The molecule has 5 heteroatoms. The maximum Gasteiger partial charge on any atom is 0.244 e. The second-order valence-corrected chi connectivity index (χ2v) is 7.07. The molecule has 1 aromatic carbocycles. The summed E-state index contributed by atoms with van der Waals surface area (Å²) in [4.78, 5) is 38.5. The van der Waals surface area contributed by atoms with E-state index in [4.69, 9.17) is 0 Å². The summed E-state index contributed by atoms with van der Waals surface area (Å²) in [7, 11) is 0. The molecule has 4 rings (SSSR count). The van der Waals surface area contributed by atoms with Crippen LogP contribution in [-0.2, 0) is 14.4 Å². The van der Waals surface area contributed by atoms with E-state index in [9.17, 15) is 14.4 Å². The molecule has 0 aromatic heterocycles. The van der Waals surface area contributed by atoms with Gasteiger partial charge in [0.1, 0.15) is 6.54 Å². The Morgan fingerprint density at radius 1 is 1.17 bits per heavy atom. The van der Waals surface area contributed by atoms with Crippen LogP contribution in [0.4, 0.5) is 5.69 Å². The zero-order valence-electron chi connectivity index (χ0n) is 13.1. The quantitative estimate of drug-likeness (QED) is 0.868. The van der Waals surface area contributed by atoms with Crippen LogP contribution in [0.1, 0.15) is 24.8 Å². The van der Waals surface area contributed by atoms with E-state index in [1.165, 1.54) is 4.90 Å². The molecule has 3 aliphatic rings. The molecule has 3 fully saturated rings. The van der Waals surface area contributed by atoms with Gasteiger partial charge in [-0.25, -0.2) is 0 Å². The van der Waals surface area contributed by atoms with Crippen LogP contribution in [0.3, 0.4) is 0 Å². The van der Waals surface area contributed by atoms with Crippen LogP contribution in [0.2, 0.25) is 0 Å². The molecule has 1 aliphatic heterocycles. The van der Waals surface area contributed by atoms with Crippen LogP contribution in [0.25, 0.3) is 0 Å². The SMILES string of the molecule is Cc1cccc(NC(=O)CN2C(=O)[C@@H]3[C@H]4CC[C@@H](C4)[C@H]3C2=O)c1. The first-order valence-electron chi connectivity index (χ1n) is 8.26. The molecule has 4 atom stereocenters. The van der Waals surface area contributed by atoms with Crippen molar-refractivity contribution in [3.05, 3.63) is 29.8 Å². The Morgan fingerprint density at radius 3 is 2.43 bits per heavy atom. The number of amides is 3. The fourth-order valence-corrected chi connectivity index (χ4v) is 4.69. The average molecular weight is 312 g/mol. The highest BCUT2D eigenvalue weighted by Crippen LogP contribution is 2.56. The number of likely N-dealkylation sites (tertiary alicyclic amines) is 1. The molecule has 1 saturated heterocycles. The van der Waals surface area contributed by atoms with Gasteiger partial charge in [0.2, 0.25) is 17.7 Å².